The number of carbonyl (C=O) groups is 2. The number of sulfonamides is 1. The Morgan fingerprint density at radius 3 is 2.35 bits per heavy atom. The van der Waals surface area contributed by atoms with Gasteiger partial charge < -0.3 is 19.7 Å². The van der Waals surface area contributed by atoms with E-state index in [-0.39, 0.29) is 30.3 Å². The highest BCUT2D eigenvalue weighted by molar-refractivity contribution is 9.10. The number of amides is 2. The highest BCUT2D eigenvalue weighted by atomic mass is 79.9. The van der Waals surface area contributed by atoms with Gasteiger partial charge >= 0.3 is 0 Å². The van der Waals surface area contributed by atoms with Crippen LogP contribution in [0.15, 0.2) is 77.3 Å². The predicted molar refractivity (Wildman–Crippen MR) is 171 cm³/mol. The molecule has 1 N–H and O–H groups in total. The lowest BCUT2D eigenvalue weighted by Gasteiger charge is -2.34. The summed E-state index contributed by atoms with van der Waals surface area (Å²) in [6, 6.07) is 20.9. The van der Waals surface area contributed by atoms with Crippen LogP contribution in [0.5, 0.6) is 11.5 Å². The first-order chi connectivity index (χ1) is 20.7. The third-order valence-corrected chi connectivity index (χ3v) is 9.37. The molecule has 1 heterocycles. The van der Waals surface area contributed by atoms with Gasteiger partial charge in [0.05, 0.1) is 11.4 Å². The molecule has 0 spiro atoms. The van der Waals surface area contributed by atoms with E-state index in [1.165, 1.54) is 11.8 Å². The molecule has 0 radical (unpaired) electrons. The molecule has 3 aromatic carbocycles. The topological polar surface area (TPSA) is 105 Å². The Bertz CT molecular complexity index is 1500. The monoisotopic (exact) mass is 671 g/mol. The molecule has 9 nitrogen and oxygen atoms in total. The van der Waals surface area contributed by atoms with E-state index in [9.17, 15) is 18.0 Å². The minimum absolute atomic E-state index is 0.109. The number of ether oxygens (including phenoxy) is 2. The fourth-order valence-corrected chi connectivity index (χ4v) is 6.30. The number of nitrogens with zero attached hydrogens (tertiary/aromatic N) is 2. The fraction of sp³-hybridized carbons (Fsp3) is 0.375. The smallest absolute Gasteiger partial charge is 0.244 e. The van der Waals surface area contributed by atoms with Gasteiger partial charge in [-0.15, -0.1) is 0 Å². The maximum absolute atomic E-state index is 14.3. The molecule has 0 saturated heterocycles. The van der Waals surface area contributed by atoms with Gasteiger partial charge in [-0.1, -0.05) is 71.7 Å². The predicted octanol–water partition coefficient (Wildman–Crippen LogP) is 4.93. The number of anilines is 1. The van der Waals surface area contributed by atoms with Crippen molar-refractivity contribution in [2.24, 2.45) is 0 Å². The number of rotatable bonds is 14. The number of unbranched alkanes of at least 4 members (excludes halogenated alkanes) is 1. The average molecular weight is 673 g/mol. The van der Waals surface area contributed by atoms with Crippen molar-refractivity contribution < 1.29 is 27.5 Å². The van der Waals surface area contributed by atoms with Crippen molar-refractivity contribution in [3.8, 4) is 11.5 Å². The van der Waals surface area contributed by atoms with Gasteiger partial charge in [0.25, 0.3) is 0 Å². The summed E-state index contributed by atoms with van der Waals surface area (Å²) in [4.78, 5) is 29.5. The number of nitrogens with one attached hydrogen (secondary N) is 1. The van der Waals surface area contributed by atoms with Crippen LogP contribution in [0.2, 0.25) is 0 Å². The van der Waals surface area contributed by atoms with E-state index < -0.39 is 28.5 Å². The van der Waals surface area contributed by atoms with E-state index in [4.69, 9.17) is 9.47 Å². The van der Waals surface area contributed by atoms with Crippen LogP contribution in [-0.4, -0.2) is 63.2 Å². The van der Waals surface area contributed by atoms with Crippen molar-refractivity contribution in [1.29, 1.82) is 0 Å². The third-order valence-electron chi connectivity index (χ3n) is 7.14. The lowest BCUT2D eigenvalue weighted by molar-refractivity contribution is -0.140. The Balaban J connectivity index is 1.73. The van der Waals surface area contributed by atoms with E-state index in [0.717, 1.165) is 32.7 Å². The molecule has 3 aromatic rings. The van der Waals surface area contributed by atoms with Gasteiger partial charge in [-0.2, -0.15) is 0 Å². The van der Waals surface area contributed by atoms with Crippen molar-refractivity contribution in [3.63, 3.8) is 0 Å². The second-order valence-electron chi connectivity index (χ2n) is 10.2. The summed E-state index contributed by atoms with van der Waals surface area (Å²) in [6.45, 7) is 4.41. The second-order valence-corrected chi connectivity index (χ2v) is 13.3. The lowest BCUT2D eigenvalue weighted by Crippen LogP contribution is -2.53. The zero-order chi connectivity index (χ0) is 30.8. The lowest BCUT2D eigenvalue weighted by atomic mass is 10.0. The Morgan fingerprint density at radius 2 is 1.65 bits per heavy atom. The Kier molecular flexibility index (Phi) is 11.5. The molecule has 4 rings (SSSR count). The number of hydrogen-bond donors (Lipinski definition) is 1. The highest BCUT2D eigenvalue weighted by Gasteiger charge is 2.34. The SMILES string of the molecule is CCCCNC(=O)[C@@H](Cc1ccccc1)N(Cc1cccc(Br)c1)C(=O)CN(c1ccc2c(c1)OCCO2)S(=O)(=O)CC. The largest absolute Gasteiger partial charge is 0.486 e. The minimum atomic E-state index is -3.89. The molecule has 0 unspecified atom stereocenters. The quantitative estimate of drug-likeness (QED) is 0.244. The summed E-state index contributed by atoms with van der Waals surface area (Å²) in [5, 5.41) is 2.99. The first-order valence-corrected chi connectivity index (χ1v) is 16.9. The molecule has 2 amide bonds. The molecule has 0 fully saturated rings. The van der Waals surface area contributed by atoms with E-state index in [1.54, 1.807) is 18.2 Å². The summed E-state index contributed by atoms with van der Waals surface area (Å²) >= 11 is 3.49. The van der Waals surface area contributed by atoms with Crippen molar-refractivity contribution in [1.82, 2.24) is 10.2 Å². The Morgan fingerprint density at radius 1 is 0.930 bits per heavy atom. The Labute approximate surface area is 262 Å². The van der Waals surface area contributed by atoms with Gasteiger partial charge in [-0.25, -0.2) is 8.42 Å². The maximum atomic E-state index is 14.3. The molecule has 0 aromatic heterocycles. The van der Waals surface area contributed by atoms with E-state index >= 15 is 0 Å². The van der Waals surface area contributed by atoms with Crippen LogP contribution in [0.25, 0.3) is 0 Å². The van der Waals surface area contributed by atoms with Crippen molar-refractivity contribution in [2.45, 2.75) is 45.7 Å². The first-order valence-electron chi connectivity index (χ1n) is 14.5. The van der Waals surface area contributed by atoms with Gasteiger partial charge in [0.2, 0.25) is 21.8 Å². The fourth-order valence-electron chi connectivity index (χ4n) is 4.80. The van der Waals surface area contributed by atoms with Crippen molar-refractivity contribution in [3.05, 3.63) is 88.4 Å². The highest BCUT2D eigenvalue weighted by Crippen LogP contribution is 2.35. The molecule has 1 atom stereocenters. The zero-order valence-electron chi connectivity index (χ0n) is 24.5. The van der Waals surface area contributed by atoms with Crippen LogP contribution < -0.4 is 19.1 Å². The first kappa shape index (κ1) is 32.3. The molecule has 230 valence electrons. The molecular weight excluding hydrogens is 634 g/mol. The van der Waals surface area contributed by atoms with Crippen LogP contribution in [0.1, 0.15) is 37.8 Å². The molecule has 0 aliphatic carbocycles. The summed E-state index contributed by atoms with van der Waals surface area (Å²) in [5.41, 5.74) is 1.97. The summed E-state index contributed by atoms with van der Waals surface area (Å²) < 4.78 is 40.0. The molecular formula is C32H38BrN3O6S. The molecule has 1 aliphatic heterocycles. The average Bonchev–Trinajstić information content (AvgIpc) is 3.01. The molecule has 0 saturated carbocycles. The van der Waals surface area contributed by atoms with Crippen LogP contribution >= 0.6 is 15.9 Å². The van der Waals surface area contributed by atoms with Gasteiger partial charge in [-0.05, 0) is 48.7 Å². The number of hydrogen-bond acceptors (Lipinski definition) is 6. The summed E-state index contributed by atoms with van der Waals surface area (Å²) in [7, 11) is -3.89. The van der Waals surface area contributed by atoms with Gasteiger partial charge in [0, 0.05) is 30.0 Å². The molecule has 1 aliphatic rings. The van der Waals surface area contributed by atoms with Crippen LogP contribution in [-0.2, 0) is 32.6 Å². The summed E-state index contributed by atoms with van der Waals surface area (Å²) in [6.07, 6.45) is 1.97. The molecule has 11 heteroatoms. The zero-order valence-corrected chi connectivity index (χ0v) is 26.9. The molecule has 43 heavy (non-hydrogen) atoms. The van der Waals surface area contributed by atoms with Crippen molar-refractivity contribution in [2.75, 3.05) is 36.4 Å². The van der Waals surface area contributed by atoms with E-state index in [2.05, 4.69) is 21.2 Å². The van der Waals surface area contributed by atoms with Gasteiger partial charge in [-0.3, -0.25) is 13.9 Å². The van der Waals surface area contributed by atoms with Gasteiger partial charge in [0.15, 0.2) is 11.5 Å². The van der Waals surface area contributed by atoms with Crippen LogP contribution in [0.3, 0.4) is 0 Å². The molecule has 0 bridgehead atoms. The van der Waals surface area contributed by atoms with E-state index in [1.807, 2.05) is 61.5 Å². The standard InChI is InChI=1S/C32H38BrN3O6S/c1-3-5-16-34-32(38)28(20-24-10-7-6-8-11-24)35(22-25-12-9-13-26(33)19-25)31(37)23-36(43(39,40)4-2)27-14-15-29-30(21-27)42-18-17-41-29/h6-15,19,21,28H,3-5,16-18,20,22-23H2,1-2H3,(H,34,38)/t28-/m1/s1. The van der Waals surface area contributed by atoms with Crippen LogP contribution in [0, 0.1) is 0 Å². The van der Waals surface area contributed by atoms with Crippen molar-refractivity contribution >= 4 is 43.5 Å². The second kappa shape index (κ2) is 15.2. The number of carbonyl (C=O) groups excluding carboxylic acids is 2. The van der Waals surface area contributed by atoms with E-state index in [0.29, 0.717) is 31.3 Å². The number of benzene rings is 3. The number of halogens is 1. The normalized spacial score (nSPS) is 13.2. The number of fused-ring (bicyclic) bond motifs is 1. The maximum Gasteiger partial charge on any atom is 0.244 e. The third kappa shape index (κ3) is 8.73. The van der Waals surface area contributed by atoms with Gasteiger partial charge in [0.1, 0.15) is 25.8 Å². The Hall–Kier alpha value is -3.57. The summed E-state index contributed by atoms with van der Waals surface area (Å²) in [5.74, 6) is -0.0806. The minimum Gasteiger partial charge on any atom is -0.486 e. The van der Waals surface area contributed by atoms with Crippen LogP contribution in [0.4, 0.5) is 5.69 Å².